The molecule has 0 aliphatic carbocycles. The van der Waals surface area contributed by atoms with Gasteiger partial charge in [0.15, 0.2) is 0 Å². The van der Waals surface area contributed by atoms with Gasteiger partial charge in [0.05, 0.1) is 17.7 Å². The molecule has 4 heteroatoms. The van der Waals surface area contributed by atoms with Gasteiger partial charge in [-0.25, -0.2) is 4.98 Å². The number of aromatic nitrogens is 1. The molecule has 2 aromatic rings. The zero-order valence-corrected chi connectivity index (χ0v) is 12.8. The molecular formula is C15H21N3S. The van der Waals surface area contributed by atoms with Crippen molar-refractivity contribution in [1.29, 1.82) is 0 Å². The van der Waals surface area contributed by atoms with Gasteiger partial charge in [0, 0.05) is 23.7 Å². The Morgan fingerprint density at radius 3 is 2.74 bits per heavy atom. The maximum atomic E-state index is 4.32. The molecule has 1 aromatic carbocycles. The Bertz CT molecular complexity index is 536. The van der Waals surface area contributed by atoms with Crippen molar-refractivity contribution < 1.29 is 0 Å². The van der Waals surface area contributed by atoms with Crippen molar-refractivity contribution in [3.05, 3.63) is 45.9 Å². The van der Waals surface area contributed by atoms with Gasteiger partial charge in [-0.15, -0.1) is 11.3 Å². The Kier molecular flexibility index (Phi) is 4.56. The van der Waals surface area contributed by atoms with E-state index < -0.39 is 0 Å². The quantitative estimate of drug-likeness (QED) is 0.907. The lowest BCUT2D eigenvalue weighted by atomic mass is 10.1. The van der Waals surface area contributed by atoms with Crippen LogP contribution in [0.4, 0.5) is 5.69 Å². The molecule has 0 amide bonds. The molecule has 1 N–H and O–H groups in total. The molecule has 102 valence electrons. The van der Waals surface area contributed by atoms with Crippen LogP contribution in [-0.2, 0) is 6.54 Å². The number of hydrogen-bond acceptors (Lipinski definition) is 4. The van der Waals surface area contributed by atoms with E-state index in [0.717, 1.165) is 12.2 Å². The molecule has 3 nitrogen and oxygen atoms in total. The molecule has 1 unspecified atom stereocenters. The maximum Gasteiger partial charge on any atom is 0.0798 e. The summed E-state index contributed by atoms with van der Waals surface area (Å²) in [6.45, 7) is 5.16. The molecule has 0 radical (unpaired) electrons. The van der Waals surface area contributed by atoms with E-state index in [1.54, 1.807) is 11.3 Å². The van der Waals surface area contributed by atoms with Crippen LogP contribution in [0.2, 0.25) is 0 Å². The molecule has 2 rings (SSSR count). The minimum absolute atomic E-state index is 0.348. The predicted octanol–water partition coefficient (Wildman–Crippen LogP) is 3.37. The van der Waals surface area contributed by atoms with Crippen molar-refractivity contribution in [2.75, 3.05) is 19.0 Å². The van der Waals surface area contributed by atoms with Gasteiger partial charge in [0.25, 0.3) is 0 Å². The standard InChI is InChI=1S/C15H21N3S/c1-11(16-3)13-7-5-6-8-14(13)18(4)9-15-12(2)17-10-19-15/h5-8,10-11,16H,9H2,1-4H3. The molecule has 0 bridgehead atoms. The lowest BCUT2D eigenvalue weighted by Crippen LogP contribution is -2.21. The molecule has 0 fully saturated rings. The fourth-order valence-corrected chi connectivity index (χ4v) is 2.96. The van der Waals surface area contributed by atoms with E-state index >= 15 is 0 Å². The summed E-state index contributed by atoms with van der Waals surface area (Å²) in [6.07, 6.45) is 0. The highest BCUT2D eigenvalue weighted by atomic mass is 32.1. The van der Waals surface area contributed by atoms with Crippen molar-refractivity contribution >= 4 is 17.0 Å². The fraction of sp³-hybridized carbons (Fsp3) is 0.400. The van der Waals surface area contributed by atoms with E-state index in [4.69, 9.17) is 0 Å². The summed E-state index contributed by atoms with van der Waals surface area (Å²) in [5, 5.41) is 3.31. The van der Waals surface area contributed by atoms with E-state index in [1.165, 1.54) is 16.1 Å². The first-order chi connectivity index (χ1) is 9.13. The first kappa shape index (κ1) is 14.0. The van der Waals surface area contributed by atoms with Crippen LogP contribution in [0.5, 0.6) is 0 Å². The SMILES string of the molecule is CNC(C)c1ccccc1N(C)Cc1scnc1C. The van der Waals surface area contributed by atoms with Gasteiger partial charge in [-0.05, 0) is 32.5 Å². The van der Waals surface area contributed by atoms with E-state index in [2.05, 4.69) is 60.4 Å². The lowest BCUT2D eigenvalue weighted by molar-refractivity contribution is 0.649. The van der Waals surface area contributed by atoms with E-state index in [9.17, 15) is 0 Å². The van der Waals surface area contributed by atoms with E-state index in [0.29, 0.717) is 6.04 Å². The van der Waals surface area contributed by atoms with Crippen LogP contribution in [0.25, 0.3) is 0 Å². The normalized spacial score (nSPS) is 12.4. The Hall–Kier alpha value is -1.39. The topological polar surface area (TPSA) is 28.2 Å². The van der Waals surface area contributed by atoms with Crippen LogP contribution in [0.1, 0.15) is 29.1 Å². The van der Waals surface area contributed by atoms with Crippen LogP contribution in [0.15, 0.2) is 29.8 Å². The second kappa shape index (κ2) is 6.17. The number of aryl methyl sites for hydroxylation is 1. The molecule has 19 heavy (non-hydrogen) atoms. The zero-order valence-electron chi connectivity index (χ0n) is 12.0. The van der Waals surface area contributed by atoms with Gasteiger partial charge in [-0.2, -0.15) is 0 Å². The summed E-state index contributed by atoms with van der Waals surface area (Å²) in [5.74, 6) is 0. The highest BCUT2D eigenvalue weighted by Gasteiger charge is 2.13. The van der Waals surface area contributed by atoms with Crippen LogP contribution in [0, 0.1) is 6.92 Å². The fourth-order valence-electron chi connectivity index (χ4n) is 2.14. The van der Waals surface area contributed by atoms with Crippen LogP contribution >= 0.6 is 11.3 Å². The number of benzene rings is 1. The van der Waals surface area contributed by atoms with E-state index in [-0.39, 0.29) is 0 Å². The van der Waals surface area contributed by atoms with Crippen LogP contribution < -0.4 is 10.2 Å². The largest absolute Gasteiger partial charge is 0.369 e. The predicted molar refractivity (Wildman–Crippen MR) is 82.9 cm³/mol. The molecule has 0 aliphatic heterocycles. The third-order valence-corrected chi connectivity index (χ3v) is 4.39. The summed E-state index contributed by atoms with van der Waals surface area (Å²) in [7, 11) is 4.13. The average Bonchev–Trinajstić information content (AvgIpc) is 2.83. The highest BCUT2D eigenvalue weighted by Crippen LogP contribution is 2.27. The minimum atomic E-state index is 0.348. The third kappa shape index (κ3) is 3.14. The summed E-state index contributed by atoms with van der Waals surface area (Å²) < 4.78 is 0. The molecule has 0 saturated carbocycles. The summed E-state index contributed by atoms with van der Waals surface area (Å²) >= 11 is 1.72. The number of nitrogens with zero attached hydrogens (tertiary/aromatic N) is 2. The first-order valence-electron chi connectivity index (χ1n) is 6.49. The molecule has 0 saturated heterocycles. The molecule has 1 aromatic heterocycles. The summed E-state index contributed by atoms with van der Waals surface area (Å²) in [5.41, 5.74) is 5.66. The van der Waals surface area contributed by atoms with Gasteiger partial charge >= 0.3 is 0 Å². The Labute approximate surface area is 119 Å². The maximum absolute atomic E-state index is 4.32. The molecule has 1 heterocycles. The Balaban J connectivity index is 2.24. The number of thiazole rings is 1. The van der Waals surface area contributed by atoms with Gasteiger partial charge in [0.2, 0.25) is 0 Å². The highest BCUT2D eigenvalue weighted by molar-refractivity contribution is 7.09. The van der Waals surface area contributed by atoms with E-state index in [1.807, 2.05) is 12.6 Å². The zero-order chi connectivity index (χ0) is 13.8. The third-order valence-electron chi connectivity index (χ3n) is 3.47. The summed E-state index contributed by atoms with van der Waals surface area (Å²) in [4.78, 5) is 7.94. The van der Waals surface area contributed by atoms with Gasteiger partial charge in [-0.3, -0.25) is 0 Å². The second-order valence-electron chi connectivity index (χ2n) is 4.79. The molecule has 0 spiro atoms. The van der Waals surface area contributed by atoms with Crippen LogP contribution in [0.3, 0.4) is 0 Å². The number of rotatable bonds is 5. The van der Waals surface area contributed by atoms with Crippen molar-refractivity contribution in [3.63, 3.8) is 0 Å². The molecular weight excluding hydrogens is 254 g/mol. The number of anilines is 1. The second-order valence-corrected chi connectivity index (χ2v) is 5.73. The van der Waals surface area contributed by atoms with Gasteiger partial charge in [-0.1, -0.05) is 18.2 Å². The monoisotopic (exact) mass is 275 g/mol. The molecule has 0 aliphatic rings. The van der Waals surface area contributed by atoms with Gasteiger partial charge < -0.3 is 10.2 Å². The molecule has 1 atom stereocenters. The number of hydrogen-bond donors (Lipinski definition) is 1. The Morgan fingerprint density at radius 2 is 2.11 bits per heavy atom. The smallest absolute Gasteiger partial charge is 0.0798 e. The van der Waals surface area contributed by atoms with Crippen molar-refractivity contribution in [2.45, 2.75) is 26.4 Å². The lowest BCUT2D eigenvalue weighted by Gasteiger charge is -2.24. The van der Waals surface area contributed by atoms with Crippen LogP contribution in [-0.4, -0.2) is 19.1 Å². The minimum Gasteiger partial charge on any atom is -0.369 e. The summed E-state index contributed by atoms with van der Waals surface area (Å²) in [6, 6.07) is 8.91. The number of nitrogens with one attached hydrogen (secondary N) is 1. The number of para-hydroxylation sites is 1. The van der Waals surface area contributed by atoms with Crippen molar-refractivity contribution in [3.8, 4) is 0 Å². The Morgan fingerprint density at radius 1 is 1.37 bits per heavy atom. The first-order valence-corrected chi connectivity index (χ1v) is 7.37. The van der Waals surface area contributed by atoms with Crippen molar-refractivity contribution in [2.24, 2.45) is 0 Å². The average molecular weight is 275 g/mol. The van der Waals surface area contributed by atoms with Crippen molar-refractivity contribution in [1.82, 2.24) is 10.3 Å². The van der Waals surface area contributed by atoms with Gasteiger partial charge in [0.1, 0.15) is 0 Å².